The molecule has 2 N–H and O–H groups in total. The Morgan fingerprint density at radius 1 is 1.00 bits per heavy atom. The number of nitrogens with zero attached hydrogens (tertiary/aromatic N) is 4. The van der Waals surface area contributed by atoms with Gasteiger partial charge in [-0.15, -0.1) is 0 Å². The minimum absolute atomic E-state index is 0.0268. The fourth-order valence-electron chi connectivity index (χ4n) is 2.80. The fraction of sp³-hybridized carbons (Fsp3) is 0.278. The summed E-state index contributed by atoms with van der Waals surface area (Å²) in [6.07, 6.45) is 1.26. The highest BCUT2D eigenvalue weighted by atomic mass is 32.2. The number of hydrogen-bond acceptors (Lipinski definition) is 9. The van der Waals surface area contributed by atoms with Crippen LogP contribution in [-0.2, 0) is 10.0 Å². The normalized spacial score (nSPS) is 11.6. The summed E-state index contributed by atoms with van der Waals surface area (Å²) in [5, 5.41) is 29.2. The van der Waals surface area contributed by atoms with Crippen molar-refractivity contribution in [1.29, 1.82) is 0 Å². The minimum atomic E-state index is -3.86. The average Bonchev–Trinajstić information content (AvgIpc) is 2.74. The molecule has 0 unspecified atom stereocenters. The molecule has 13 heteroatoms. The van der Waals surface area contributed by atoms with Gasteiger partial charge in [0, 0.05) is 37.8 Å². The van der Waals surface area contributed by atoms with Crippen LogP contribution in [0.25, 0.3) is 0 Å². The van der Waals surface area contributed by atoms with Crippen molar-refractivity contribution in [2.24, 2.45) is 5.10 Å². The molecule has 0 fully saturated rings. The van der Waals surface area contributed by atoms with E-state index >= 15 is 0 Å². The lowest BCUT2D eigenvalue weighted by molar-refractivity contribution is -0.384. The molecule has 0 aliphatic heterocycles. The summed E-state index contributed by atoms with van der Waals surface area (Å²) in [4.78, 5) is 21.1. The van der Waals surface area contributed by atoms with E-state index in [9.17, 15) is 28.6 Å². The number of nitro benzene ring substituents is 2. The Morgan fingerprint density at radius 2 is 1.58 bits per heavy atom. The van der Waals surface area contributed by atoms with E-state index in [1.807, 2.05) is 0 Å². The lowest BCUT2D eigenvalue weighted by atomic mass is 10.2. The predicted molar refractivity (Wildman–Crippen MR) is 117 cm³/mol. The van der Waals surface area contributed by atoms with Crippen molar-refractivity contribution in [2.45, 2.75) is 18.7 Å². The molecule has 31 heavy (non-hydrogen) atoms. The third kappa shape index (κ3) is 5.32. The van der Waals surface area contributed by atoms with Gasteiger partial charge in [-0.2, -0.15) is 9.41 Å². The molecule has 0 aromatic heterocycles. The standard InChI is InChI=1S/C18H22N6O6S/c1-4-22(5-2)31(29,30)14-7-9-16(18(11-14)24(27)28)21-20-12-13-6-8-15(19-3)17(10-13)23(25)26/h6-12,19,21H,4-5H2,1-3H3/b20-12+. The zero-order valence-electron chi connectivity index (χ0n) is 17.1. The van der Waals surface area contributed by atoms with Crippen molar-refractivity contribution in [2.75, 3.05) is 30.9 Å². The summed E-state index contributed by atoms with van der Waals surface area (Å²) < 4.78 is 26.4. The van der Waals surface area contributed by atoms with Gasteiger partial charge in [-0.1, -0.05) is 19.9 Å². The van der Waals surface area contributed by atoms with Crippen LogP contribution in [0.2, 0.25) is 0 Å². The first kappa shape index (κ1) is 23.7. The third-order valence-electron chi connectivity index (χ3n) is 4.40. The van der Waals surface area contributed by atoms with Gasteiger partial charge in [0.05, 0.1) is 21.0 Å². The summed E-state index contributed by atoms with van der Waals surface area (Å²) in [6, 6.07) is 7.86. The van der Waals surface area contributed by atoms with E-state index in [4.69, 9.17) is 0 Å². The molecule has 0 spiro atoms. The molecule has 166 valence electrons. The maximum atomic E-state index is 12.6. The molecular weight excluding hydrogens is 428 g/mol. The van der Waals surface area contributed by atoms with Crippen molar-refractivity contribution >= 4 is 39.0 Å². The van der Waals surface area contributed by atoms with Crippen LogP contribution in [0.1, 0.15) is 19.4 Å². The summed E-state index contributed by atoms with van der Waals surface area (Å²) in [7, 11) is -2.31. The van der Waals surface area contributed by atoms with Crippen LogP contribution in [0.15, 0.2) is 46.4 Å². The summed E-state index contributed by atoms with van der Waals surface area (Å²) in [5.74, 6) is 0. The number of rotatable bonds is 10. The van der Waals surface area contributed by atoms with E-state index in [2.05, 4.69) is 15.8 Å². The monoisotopic (exact) mass is 450 g/mol. The first-order chi connectivity index (χ1) is 14.6. The zero-order valence-corrected chi connectivity index (χ0v) is 17.9. The fourth-order valence-corrected chi connectivity index (χ4v) is 4.28. The number of nitro groups is 2. The van der Waals surface area contributed by atoms with E-state index in [1.54, 1.807) is 27.0 Å². The summed E-state index contributed by atoms with van der Waals surface area (Å²) in [6.45, 7) is 3.81. The zero-order chi connectivity index (χ0) is 23.2. The van der Waals surface area contributed by atoms with Crippen LogP contribution in [0.3, 0.4) is 0 Å². The number of hydrazone groups is 1. The molecule has 12 nitrogen and oxygen atoms in total. The van der Waals surface area contributed by atoms with Crippen LogP contribution in [-0.4, -0.2) is 48.9 Å². The van der Waals surface area contributed by atoms with Gasteiger partial charge < -0.3 is 5.32 Å². The first-order valence-electron chi connectivity index (χ1n) is 9.19. The Bertz CT molecular complexity index is 1110. The van der Waals surface area contributed by atoms with Crippen molar-refractivity contribution < 1.29 is 18.3 Å². The number of benzene rings is 2. The van der Waals surface area contributed by atoms with Crippen LogP contribution < -0.4 is 10.7 Å². The molecule has 0 amide bonds. The van der Waals surface area contributed by atoms with Crippen LogP contribution in [0.4, 0.5) is 22.7 Å². The first-order valence-corrected chi connectivity index (χ1v) is 10.6. The van der Waals surface area contributed by atoms with Gasteiger partial charge in [-0.05, 0) is 18.2 Å². The van der Waals surface area contributed by atoms with Crippen LogP contribution in [0, 0.1) is 20.2 Å². The smallest absolute Gasteiger partial charge is 0.295 e. The van der Waals surface area contributed by atoms with Gasteiger partial charge in [-0.25, -0.2) is 8.42 Å². The molecule has 0 saturated heterocycles. The molecule has 2 aromatic rings. The molecule has 0 atom stereocenters. The molecule has 0 aliphatic carbocycles. The SMILES string of the molecule is CCN(CC)S(=O)(=O)c1ccc(N/N=C/c2ccc(NC)c([N+](=O)[O-])c2)c([N+](=O)[O-])c1. The molecule has 0 radical (unpaired) electrons. The van der Waals surface area contributed by atoms with Gasteiger partial charge >= 0.3 is 0 Å². The lowest BCUT2D eigenvalue weighted by Crippen LogP contribution is -2.30. The summed E-state index contributed by atoms with van der Waals surface area (Å²) in [5.41, 5.74) is 2.56. The number of anilines is 2. The Kier molecular flexibility index (Phi) is 7.61. The van der Waals surface area contributed by atoms with Gasteiger partial charge in [0.25, 0.3) is 11.4 Å². The molecule has 2 aromatic carbocycles. The third-order valence-corrected chi connectivity index (χ3v) is 6.44. The van der Waals surface area contributed by atoms with E-state index in [0.717, 1.165) is 6.07 Å². The van der Waals surface area contributed by atoms with E-state index in [-0.39, 0.29) is 29.4 Å². The number of sulfonamides is 1. The van der Waals surface area contributed by atoms with Crippen LogP contribution in [0.5, 0.6) is 0 Å². The Labute approximate surface area is 178 Å². The largest absolute Gasteiger partial charge is 0.383 e. The minimum Gasteiger partial charge on any atom is -0.383 e. The second-order valence-corrected chi connectivity index (χ2v) is 8.12. The Balaban J connectivity index is 2.33. The highest BCUT2D eigenvalue weighted by Gasteiger charge is 2.25. The van der Waals surface area contributed by atoms with Crippen molar-refractivity contribution in [1.82, 2.24) is 4.31 Å². The predicted octanol–water partition coefficient (Wildman–Crippen LogP) is 3.02. The van der Waals surface area contributed by atoms with Crippen molar-refractivity contribution in [3.63, 3.8) is 0 Å². The van der Waals surface area contributed by atoms with Gasteiger partial charge in [0.15, 0.2) is 0 Å². The highest BCUT2D eigenvalue weighted by Crippen LogP contribution is 2.29. The molecule has 0 saturated carbocycles. The quantitative estimate of drug-likeness (QED) is 0.317. The maximum absolute atomic E-state index is 12.6. The molecule has 0 heterocycles. The number of hydrogen-bond donors (Lipinski definition) is 2. The van der Waals surface area contributed by atoms with Crippen LogP contribution >= 0.6 is 0 Å². The number of nitrogens with one attached hydrogen (secondary N) is 2. The van der Waals surface area contributed by atoms with E-state index in [1.165, 1.54) is 34.8 Å². The molecule has 2 rings (SSSR count). The second-order valence-electron chi connectivity index (χ2n) is 6.18. The van der Waals surface area contributed by atoms with Gasteiger partial charge in [0.2, 0.25) is 10.0 Å². The molecule has 0 aliphatic rings. The van der Waals surface area contributed by atoms with Gasteiger partial charge in [0.1, 0.15) is 11.4 Å². The van der Waals surface area contributed by atoms with Gasteiger partial charge in [-0.3, -0.25) is 25.7 Å². The highest BCUT2D eigenvalue weighted by molar-refractivity contribution is 7.89. The van der Waals surface area contributed by atoms with E-state index < -0.39 is 25.6 Å². The Morgan fingerprint density at radius 3 is 2.13 bits per heavy atom. The maximum Gasteiger partial charge on any atom is 0.295 e. The molecule has 0 bridgehead atoms. The topological polar surface area (TPSA) is 160 Å². The summed E-state index contributed by atoms with van der Waals surface area (Å²) >= 11 is 0. The average molecular weight is 450 g/mol. The Hall–Kier alpha value is -3.58. The van der Waals surface area contributed by atoms with Crippen molar-refractivity contribution in [3.05, 3.63) is 62.2 Å². The lowest BCUT2D eigenvalue weighted by Gasteiger charge is -2.18. The van der Waals surface area contributed by atoms with Crippen molar-refractivity contribution in [3.8, 4) is 0 Å². The second kappa shape index (κ2) is 9.95. The molecular formula is C18H22N6O6S. The van der Waals surface area contributed by atoms with E-state index in [0.29, 0.717) is 11.3 Å².